The number of allylic oxidation sites excluding steroid dienone is 4. The van der Waals surface area contributed by atoms with E-state index in [1.54, 1.807) is 19.9 Å². The van der Waals surface area contributed by atoms with Gasteiger partial charge in [0.25, 0.3) is 0 Å². The Hall–Kier alpha value is -1.98. The van der Waals surface area contributed by atoms with E-state index in [0.717, 1.165) is 25.7 Å². The minimum Gasteiger partial charge on any atom is -0.451 e. The van der Waals surface area contributed by atoms with Crippen LogP contribution >= 0.6 is 0 Å². The van der Waals surface area contributed by atoms with Gasteiger partial charge in [-0.15, -0.1) is 0 Å². The predicted octanol–water partition coefficient (Wildman–Crippen LogP) is 5.09. The number of carbonyl (C=O) groups is 2. The SMILES string of the molecule is CCCCC/C=C/C=C/C(=O)O[C@H]1C(C)=C[C@]23C(=O)[C@H](C=C(C)[C@@H](O)[C@]12O)[C@H]1[C@@H](C[C@H]3C)C1(C)C. The zero-order chi connectivity index (χ0) is 25.8. The molecule has 0 amide bonds. The fourth-order valence-corrected chi connectivity index (χ4v) is 7.55. The molecule has 4 aliphatic rings. The zero-order valence-corrected chi connectivity index (χ0v) is 22.1. The standard InChI is InChI=1S/C30H42O5/c1-7-8-9-10-11-12-13-14-23(31)35-27-19(3)17-29-20(4)16-22-24(28(22,5)6)21(26(29)33)15-18(2)25(32)30(27,29)34/h11-15,17,20-22,24-25,27,32,34H,7-10,16H2,1-6H3/b12-11+,14-13+/t20-,21-,22-,24+,25-,27+,29+,30+/m1/s1. The van der Waals surface area contributed by atoms with E-state index in [9.17, 15) is 19.8 Å². The number of aliphatic hydroxyl groups excluding tert-OH is 1. The second-order valence-corrected chi connectivity index (χ2v) is 12.0. The molecule has 0 saturated heterocycles. The smallest absolute Gasteiger partial charge is 0.331 e. The van der Waals surface area contributed by atoms with E-state index < -0.39 is 29.2 Å². The summed E-state index contributed by atoms with van der Waals surface area (Å²) in [6.07, 6.45) is 13.3. The van der Waals surface area contributed by atoms with Crippen molar-refractivity contribution < 1.29 is 24.5 Å². The summed E-state index contributed by atoms with van der Waals surface area (Å²) in [7, 11) is 0. The molecule has 192 valence electrons. The monoisotopic (exact) mass is 482 g/mol. The van der Waals surface area contributed by atoms with Crippen LogP contribution in [0.3, 0.4) is 0 Å². The van der Waals surface area contributed by atoms with Crippen molar-refractivity contribution in [2.75, 3.05) is 0 Å². The predicted molar refractivity (Wildman–Crippen MR) is 136 cm³/mol. The van der Waals surface area contributed by atoms with Crippen LogP contribution in [0.15, 0.2) is 47.6 Å². The van der Waals surface area contributed by atoms with Crippen molar-refractivity contribution >= 4 is 11.8 Å². The Balaban J connectivity index is 1.63. The molecule has 4 aliphatic carbocycles. The van der Waals surface area contributed by atoms with E-state index in [1.807, 2.05) is 31.2 Å². The molecule has 2 fully saturated rings. The van der Waals surface area contributed by atoms with Crippen LogP contribution in [0.4, 0.5) is 0 Å². The Morgan fingerprint density at radius 1 is 1.20 bits per heavy atom. The molecule has 0 aromatic carbocycles. The Kier molecular flexibility index (Phi) is 6.82. The molecule has 8 atom stereocenters. The van der Waals surface area contributed by atoms with Gasteiger partial charge < -0.3 is 14.9 Å². The van der Waals surface area contributed by atoms with E-state index in [0.29, 0.717) is 17.1 Å². The molecule has 0 unspecified atom stereocenters. The number of hydrogen-bond acceptors (Lipinski definition) is 5. The maximum atomic E-state index is 14.3. The summed E-state index contributed by atoms with van der Waals surface area (Å²) in [5.74, 6) is -0.627. The summed E-state index contributed by atoms with van der Waals surface area (Å²) >= 11 is 0. The first-order chi connectivity index (χ1) is 16.4. The average Bonchev–Trinajstić information content (AvgIpc) is 3.29. The Morgan fingerprint density at radius 2 is 1.91 bits per heavy atom. The summed E-state index contributed by atoms with van der Waals surface area (Å²) in [4.78, 5) is 27.0. The second kappa shape index (κ2) is 9.15. The number of esters is 1. The Bertz CT molecular complexity index is 1000. The number of ketones is 1. The van der Waals surface area contributed by atoms with Crippen molar-refractivity contribution in [3.63, 3.8) is 0 Å². The third-order valence-corrected chi connectivity index (χ3v) is 9.53. The van der Waals surface area contributed by atoms with Crippen molar-refractivity contribution in [3.8, 4) is 0 Å². The average molecular weight is 483 g/mol. The molecular weight excluding hydrogens is 440 g/mol. The molecule has 2 bridgehead atoms. The molecule has 0 aromatic heterocycles. The highest BCUT2D eigenvalue weighted by molar-refractivity contribution is 5.95. The van der Waals surface area contributed by atoms with Gasteiger partial charge in [-0.05, 0) is 67.4 Å². The highest BCUT2D eigenvalue weighted by Gasteiger charge is 2.76. The lowest BCUT2D eigenvalue weighted by Crippen LogP contribution is -2.65. The van der Waals surface area contributed by atoms with Gasteiger partial charge in [-0.25, -0.2) is 4.79 Å². The first kappa shape index (κ1) is 26.1. The molecule has 2 N–H and O–H groups in total. The van der Waals surface area contributed by atoms with Crippen molar-refractivity contribution in [3.05, 3.63) is 47.6 Å². The van der Waals surface area contributed by atoms with Gasteiger partial charge in [0.05, 0.1) is 5.41 Å². The minimum absolute atomic E-state index is 0.0510. The maximum Gasteiger partial charge on any atom is 0.331 e. The van der Waals surface area contributed by atoms with Crippen LogP contribution in [0.5, 0.6) is 0 Å². The first-order valence-electron chi connectivity index (χ1n) is 13.3. The summed E-state index contributed by atoms with van der Waals surface area (Å²) in [5.41, 5.74) is -2.00. The number of ether oxygens (including phenoxy) is 1. The fourth-order valence-electron chi connectivity index (χ4n) is 7.55. The van der Waals surface area contributed by atoms with E-state index in [1.165, 1.54) is 12.5 Å². The number of unbranched alkanes of at least 4 members (excludes halogenated alkanes) is 3. The number of carbonyl (C=O) groups excluding carboxylic acids is 2. The zero-order valence-electron chi connectivity index (χ0n) is 22.1. The number of aliphatic hydroxyl groups is 2. The molecule has 5 heteroatoms. The maximum absolute atomic E-state index is 14.3. The minimum atomic E-state index is -1.94. The van der Waals surface area contributed by atoms with Crippen molar-refractivity contribution in [2.24, 2.45) is 34.5 Å². The Labute approximate surface area is 210 Å². The molecule has 0 aromatic rings. The van der Waals surface area contributed by atoms with Gasteiger partial charge in [-0.3, -0.25) is 4.79 Å². The molecule has 4 rings (SSSR count). The fraction of sp³-hybridized carbons (Fsp3) is 0.667. The molecule has 0 heterocycles. The van der Waals surface area contributed by atoms with Gasteiger partial charge in [0.15, 0.2) is 17.5 Å². The van der Waals surface area contributed by atoms with Gasteiger partial charge in [-0.1, -0.05) is 70.9 Å². The quantitative estimate of drug-likeness (QED) is 0.174. The summed E-state index contributed by atoms with van der Waals surface area (Å²) in [6.45, 7) is 12.1. The number of hydrogen-bond donors (Lipinski definition) is 2. The van der Waals surface area contributed by atoms with Crippen molar-refractivity contribution in [1.82, 2.24) is 0 Å². The van der Waals surface area contributed by atoms with Crippen LogP contribution in [0.25, 0.3) is 0 Å². The van der Waals surface area contributed by atoms with Crippen molar-refractivity contribution in [1.29, 1.82) is 0 Å². The lowest BCUT2D eigenvalue weighted by Gasteiger charge is -2.48. The van der Waals surface area contributed by atoms with Crippen molar-refractivity contribution in [2.45, 2.75) is 91.5 Å². The summed E-state index contributed by atoms with van der Waals surface area (Å²) in [6, 6.07) is 0. The summed E-state index contributed by atoms with van der Waals surface area (Å²) in [5, 5.41) is 23.8. The van der Waals surface area contributed by atoms with Crippen LogP contribution in [-0.4, -0.2) is 39.8 Å². The van der Waals surface area contributed by atoms with Crippen LogP contribution in [-0.2, 0) is 14.3 Å². The van der Waals surface area contributed by atoms with E-state index in [2.05, 4.69) is 20.8 Å². The van der Waals surface area contributed by atoms with E-state index in [-0.39, 0.29) is 29.0 Å². The lowest BCUT2D eigenvalue weighted by molar-refractivity contribution is -0.200. The number of rotatable bonds is 7. The second-order valence-electron chi connectivity index (χ2n) is 12.0. The molecule has 0 aliphatic heterocycles. The third kappa shape index (κ3) is 3.81. The lowest BCUT2D eigenvalue weighted by atomic mass is 9.59. The Morgan fingerprint density at radius 3 is 2.60 bits per heavy atom. The third-order valence-electron chi connectivity index (χ3n) is 9.53. The molecule has 2 saturated carbocycles. The topological polar surface area (TPSA) is 83.8 Å². The normalized spacial score (nSPS) is 41.7. The molecule has 5 nitrogen and oxygen atoms in total. The molecule has 0 radical (unpaired) electrons. The van der Waals surface area contributed by atoms with Crippen LogP contribution in [0.2, 0.25) is 0 Å². The van der Waals surface area contributed by atoms with E-state index >= 15 is 0 Å². The highest BCUT2D eigenvalue weighted by atomic mass is 16.6. The van der Waals surface area contributed by atoms with Gasteiger partial charge in [0, 0.05) is 12.0 Å². The highest BCUT2D eigenvalue weighted by Crippen LogP contribution is 2.71. The summed E-state index contributed by atoms with van der Waals surface area (Å²) < 4.78 is 5.80. The largest absolute Gasteiger partial charge is 0.451 e. The number of fused-ring (bicyclic) bond motifs is 3. The van der Waals surface area contributed by atoms with Crippen LogP contribution in [0, 0.1) is 34.5 Å². The molecule has 1 spiro atoms. The van der Waals surface area contributed by atoms with Gasteiger partial charge in [0.2, 0.25) is 0 Å². The van der Waals surface area contributed by atoms with E-state index in [4.69, 9.17) is 4.74 Å². The number of Topliss-reactive ketones (excluding diaryl/α,β-unsaturated/α-hetero) is 1. The first-order valence-corrected chi connectivity index (χ1v) is 13.3. The van der Waals surface area contributed by atoms with Gasteiger partial charge >= 0.3 is 5.97 Å². The van der Waals surface area contributed by atoms with Crippen LogP contribution in [0.1, 0.15) is 73.6 Å². The molecule has 35 heavy (non-hydrogen) atoms. The molecular formula is C30H42O5. The van der Waals surface area contributed by atoms with Gasteiger partial charge in [-0.2, -0.15) is 0 Å². The van der Waals surface area contributed by atoms with Gasteiger partial charge in [0.1, 0.15) is 6.10 Å². The van der Waals surface area contributed by atoms with Crippen LogP contribution < -0.4 is 0 Å².